The predicted molar refractivity (Wildman–Crippen MR) is 67.0 cm³/mol. The van der Waals surface area contributed by atoms with Gasteiger partial charge in [-0.1, -0.05) is 0 Å². The number of hydrogen-bond donors (Lipinski definition) is 1. The van der Waals surface area contributed by atoms with Gasteiger partial charge in [0, 0.05) is 24.9 Å². The number of rotatable bonds is 4. The number of ether oxygens (including phenoxy) is 2. The molecule has 2 fully saturated rings. The van der Waals surface area contributed by atoms with Gasteiger partial charge in [-0.25, -0.2) is 8.42 Å². The summed E-state index contributed by atoms with van der Waals surface area (Å²) >= 11 is 0. The normalized spacial score (nSPS) is 26.6. The fourth-order valence-electron chi connectivity index (χ4n) is 2.80. The molecule has 106 valence electrons. The molecule has 2 rings (SSSR count). The SMILES string of the molecule is CS(=O)(=O)CCCC1(O)CCC2(CC1)OCCO2. The van der Waals surface area contributed by atoms with E-state index in [1.807, 2.05) is 0 Å². The lowest BCUT2D eigenvalue weighted by atomic mass is 9.79. The van der Waals surface area contributed by atoms with Gasteiger partial charge in [-0.15, -0.1) is 0 Å². The van der Waals surface area contributed by atoms with Gasteiger partial charge in [0.2, 0.25) is 0 Å². The molecule has 0 aromatic carbocycles. The summed E-state index contributed by atoms with van der Waals surface area (Å²) in [7, 11) is -2.93. The van der Waals surface area contributed by atoms with Crippen molar-refractivity contribution < 1.29 is 23.0 Å². The monoisotopic (exact) mass is 278 g/mol. The molecule has 0 atom stereocenters. The largest absolute Gasteiger partial charge is 0.390 e. The molecule has 6 heteroatoms. The number of hydrogen-bond acceptors (Lipinski definition) is 5. The van der Waals surface area contributed by atoms with Gasteiger partial charge in [-0.05, 0) is 25.7 Å². The fourth-order valence-corrected chi connectivity index (χ4v) is 3.46. The summed E-state index contributed by atoms with van der Waals surface area (Å²) < 4.78 is 33.3. The molecule has 0 aromatic rings. The molecule has 2 aliphatic rings. The van der Waals surface area contributed by atoms with E-state index < -0.39 is 21.2 Å². The third kappa shape index (κ3) is 3.66. The highest BCUT2D eigenvalue weighted by Crippen LogP contribution is 2.41. The zero-order valence-electron chi connectivity index (χ0n) is 10.9. The maximum absolute atomic E-state index is 11.1. The lowest BCUT2D eigenvalue weighted by molar-refractivity contribution is -0.203. The van der Waals surface area contributed by atoms with Crippen LogP contribution in [0.5, 0.6) is 0 Å². The predicted octanol–water partition coefficient (Wildman–Crippen LogP) is 0.859. The first-order valence-corrected chi connectivity index (χ1v) is 8.57. The molecular weight excluding hydrogens is 256 g/mol. The molecule has 1 heterocycles. The molecule has 0 amide bonds. The standard InChI is InChI=1S/C12H22O5S/c1-18(14,15)10-2-3-11(13)4-6-12(7-5-11)16-8-9-17-12/h13H,2-10H2,1H3. The fraction of sp³-hybridized carbons (Fsp3) is 1.00. The molecule has 5 nitrogen and oxygen atoms in total. The van der Waals surface area contributed by atoms with Gasteiger partial charge in [0.05, 0.1) is 18.8 Å². The summed E-state index contributed by atoms with van der Waals surface area (Å²) in [6.07, 6.45) is 4.92. The van der Waals surface area contributed by atoms with Crippen molar-refractivity contribution in [3.05, 3.63) is 0 Å². The van der Waals surface area contributed by atoms with E-state index in [-0.39, 0.29) is 5.75 Å². The van der Waals surface area contributed by atoms with E-state index >= 15 is 0 Å². The van der Waals surface area contributed by atoms with Gasteiger partial charge in [-0.2, -0.15) is 0 Å². The van der Waals surface area contributed by atoms with Crippen molar-refractivity contribution in [1.82, 2.24) is 0 Å². The van der Waals surface area contributed by atoms with Gasteiger partial charge >= 0.3 is 0 Å². The highest BCUT2D eigenvalue weighted by Gasteiger charge is 2.45. The highest BCUT2D eigenvalue weighted by molar-refractivity contribution is 7.90. The van der Waals surface area contributed by atoms with Crippen LogP contribution in [0, 0.1) is 0 Å². The minimum Gasteiger partial charge on any atom is -0.390 e. The van der Waals surface area contributed by atoms with Crippen LogP contribution in [0.3, 0.4) is 0 Å². The third-order valence-corrected chi connectivity index (χ3v) is 4.94. The molecule has 0 bridgehead atoms. The van der Waals surface area contributed by atoms with Gasteiger partial charge in [0.15, 0.2) is 5.79 Å². The molecule has 0 aromatic heterocycles. The van der Waals surface area contributed by atoms with Crippen molar-refractivity contribution >= 4 is 9.84 Å². The molecule has 0 unspecified atom stereocenters. The van der Waals surface area contributed by atoms with Crippen molar-refractivity contribution in [3.63, 3.8) is 0 Å². The number of aliphatic hydroxyl groups is 1. The zero-order chi connectivity index (χ0) is 13.3. The molecule has 0 radical (unpaired) electrons. The van der Waals surface area contributed by atoms with Crippen LogP contribution in [0.25, 0.3) is 0 Å². The Bertz CT molecular complexity index is 373. The third-order valence-electron chi connectivity index (χ3n) is 3.91. The van der Waals surface area contributed by atoms with Crippen molar-refractivity contribution in [2.75, 3.05) is 25.2 Å². The summed E-state index contributed by atoms with van der Waals surface area (Å²) in [6.45, 7) is 1.26. The summed E-state index contributed by atoms with van der Waals surface area (Å²) in [6, 6.07) is 0. The summed E-state index contributed by atoms with van der Waals surface area (Å²) in [5, 5.41) is 10.4. The van der Waals surface area contributed by atoms with E-state index in [0.717, 1.165) is 0 Å². The van der Waals surface area contributed by atoms with Gasteiger partial charge in [0.1, 0.15) is 9.84 Å². The molecule has 1 aliphatic heterocycles. The minimum atomic E-state index is -2.93. The zero-order valence-corrected chi connectivity index (χ0v) is 11.7. The van der Waals surface area contributed by atoms with E-state index in [1.54, 1.807) is 0 Å². The Morgan fingerprint density at radius 3 is 2.17 bits per heavy atom. The van der Waals surface area contributed by atoms with Crippen LogP contribution in [-0.4, -0.2) is 50.1 Å². The molecule has 1 spiro atoms. The second-order valence-corrected chi connectivity index (χ2v) is 7.83. The molecular formula is C12H22O5S. The van der Waals surface area contributed by atoms with E-state index in [9.17, 15) is 13.5 Å². The van der Waals surface area contributed by atoms with Crippen LogP contribution in [-0.2, 0) is 19.3 Å². The molecule has 1 saturated heterocycles. The second kappa shape index (κ2) is 5.07. The molecule has 1 saturated carbocycles. The highest BCUT2D eigenvalue weighted by atomic mass is 32.2. The first-order valence-electron chi connectivity index (χ1n) is 6.51. The molecule has 1 N–H and O–H groups in total. The lowest BCUT2D eigenvalue weighted by Gasteiger charge is -2.40. The van der Waals surface area contributed by atoms with E-state index in [1.165, 1.54) is 6.26 Å². The van der Waals surface area contributed by atoms with Crippen LogP contribution in [0.4, 0.5) is 0 Å². The van der Waals surface area contributed by atoms with E-state index in [4.69, 9.17) is 9.47 Å². The number of sulfone groups is 1. The molecule has 18 heavy (non-hydrogen) atoms. The van der Waals surface area contributed by atoms with Gasteiger partial charge < -0.3 is 14.6 Å². The Morgan fingerprint density at radius 2 is 1.67 bits per heavy atom. The van der Waals surface area contributed by atoms with Crippen molar-refractivity contribution in [2.24, 2.45) is 0 Å². The summed E-state index contributed by atoms with van der Waals surface area (Å²) in [5.74, 6) is -0.323. The quantitative estimate of drug-likeness (QED) is 0.825. The first-order chi connectivity index (χ1) is 8.33. The maximum Gasteiger partial charge on any atom is 0.168 e. The van der Waals surface area contributed by atoms with Gasteiger partial charge in [-0.3, -0.25) is 0 Å². The van der Waals surface area contributed by atoms with Crippen LogP contribution < -0.4 is 0 Å². The van der Waals surface area contributed by atoms with Crippen molar-refractivity contribution in [2.45, 2.75) is 49.9 Å². The maximum atomic E-state index is 11.1. The van der Waals surface area contributed by atoms with Gasteiger partial charge in [0.25, 0.3) is 0 Å². The van der Waals surface area contributed by atoms with Crippen LogP contribution in [0.15, 0.2) is 0 Å². The topological polar surface area (TPSA) is 72.8 Å². The summed E-state index contributed by atoms with van der Waals surface area (Å²) in [4.78, 5) is 0. The van der Waals surface area contributed by atoms with E-state index in [0.29, 0.717) is 51.7 Å². The van der Waals surface area contributed by atoms with E-state index in [2.05, 4.69) is 0 Å². The smallest absolute Gasteiger partial charge is 0.168 e. The first kappa shape index (κ1) is 14.2. The van der Waals surface area contributed by atoms with Crippen LogP contribution in [0.1, 0.15) is 38.5 Å². The lowest BCUT2D eigenvalue weighted by Crippen LogP contribution is -2.43. The molecule has 1 aliphatic carbocycles. The second-order valence-electron chi connectivity index (χ2n) is 5.57. The Kier molecular flexibility index (Phi) is 4.02. The average Bonchev–Trinajstić information content (AvgIpc) is 2.71. The Labute approximate surface area is 108 Å². The Morgan fingerprint density at radius 1 is 1.11 bits per heavy atom. The minimum absolute atomic E-state index is 0.146. The Hall–Kier alpha value is -0.170. The summed E-state index contributed by atoms with van der Waals surface area (Å²) in [5.41, 5.74) is -0.745. The van der Waals surface area contributed by atoms with Crippen LogP contribution >= 0.6 is 0 Å². The van der Waals surface area contributed by atoms with Crippen molar-refractivity contribution in [1.29, 1.82) is 0 Å². The Balaban J connectivity index is 1.80. The average molecular weight is 278 g/mol. The van der Waals surface area contributed by atoms with Crippen LogP contribution in [0.2, 0.25) is 0 Å². The van der Waals surface area contributed by atoms with Crippen molar-refractivity contribution in [3.8, 4) is 0 Å².